The van der Waals surface area contributed by atoms with E-state index in [-0.39, 0.29) is 10.4 Å². The minimum absolute atomic E-state index is 0.169. The van der Waals surface area contributed by atoms with Crippen molar-refractivity contribution in [3.63, 3.8) is 0 Å². The Morgan fingerprint density at radius 3 is 2.36 bits per heavy atom. The average Bonchev–Trinajstić information content (AvgIpc) is 2.18. The predicted octanol–water partition coefficient (Wildman–Crippen LogP) is 2.43. The van der Waals surface area contributed by atoms with E-state index in [1.165, 1.54) is 5.56 Å². The van der Waals surface area contributed by atoms with Crippen molar-refractivity contribution in [2.75, 3.05) is 0 Å². The molecule has 0 unspecified atom stereocenters. The second kappa shape index (κ2) is 4.97. The molecule has 0 aliphatic heterocycles. The molecule has 1 N–H and O–H groups in total. The zero-order chi connectivity index (χ0) is 10.6. The molecular weight excluding hydrogens is 239 g/mol. The van der Waals surface area contributed by atoms with Crippen LogP contribution in [0.4, 0.5) is 0 Å². The van der Waals surface area contributed by atoms with E-state index in [0.29, 0.717) is 15.0 Å². The number of rotatable bonds is 4. The van der Waals surface area contributed by atoms with Crippen molar-refractivity contribution >= 4 is 15.0 Å². The second-order valence-electron chi connectivity index (χ2n) is 3.85. The Balaban J connectivity index is 2.90. The number of aliphatic hydroxyl groups excluding tert-OH is 1. The molecule has 0 radical (unpaired) electrons. The van der Waals surface area contributed by atoms with Gasteiger partial charge in [0, 0.05) is 0 Å². The molecule has 0 spiro atoms. The molecule has 1 nitrogen and oxygen atoms in total. The summed E-state index contributed by atoms with van der Waals surface area (Å²) in [6.07, 6.45) is 0.634. The van der Waals surface area contributed by atoms with E-state index in [4.69, 9.17) is 0 Å². The Labute approximate surface area is 92.7 Å². The van der Waals surface area contributed by atoms with Gasteiger partial charge in [-0.3, -0.25) is 0 Å². The minimum atomic E-state index is -0.220. The Morgan fingerprint density at radius 2 is 1.93 bits per heavy atom. The molecule has 14 heavy (non-hydrogen) atoms. The molecule has 78 valence electrons. The van der Waals surface area contributed by atoms with Gasteiger partial charge in [0.2, 0.25) is 0 Å². The van der Waals surface area contributed by atoms with E-state index in [0.717, 1.165) is 6.42 Å². The monoisotopic (exact) mass is 258 g/mol. The number of benzene rings is 1. The molecule has 0 aromatic heterocycles. The molecule has 2 atom stereocenters. The summed E-state index contributed by atoms with van der Waals surface area (Å²) in [5.74, 6) is 2.24. The van der Waals surface area contributed by atoms with Crippen molar-refractivity contribution in [1.29, 1.82) is 0 Å². The third kappa shape index (κ3) is 2.84. The zero-order valence-corrected chi connectivity index (χ0v) is 10.7. The Morgan fingerprint density at radius 1 is 1.36 bits per heavy atom. The summed E-state index contributed by atoms with van der Waals surface area (Å²) in [6, 6.07) is 10.5. The van der Waals surface area contributed by atoms with Crippen LogP contribution in [0, 0.1) is 0 Å². The van der Waals surface area contributed by atoms with Gasteiger partial charge < -0.3 is 0 Å². The van der Waals surface area contributed by atoms with Crippen LogP contribution >= 0.6 is 0 Å². The van der Waals surface area contributed by atoms with Crippen LogP contribution in [-0.4, -0.2) is 26.2 Å². The Bertz CT molecular complexity index is 271. The van der Waals surface area contributed by atoms with Crippen molar-refractivity contribution in [3.8, 4) is 0 Å². The van der Waals surface area contributed by atoms with Crippen molar-refractivity contribution in [3.05, 3.63) is 35.9 Å². The molecule has 0 saturated heterocycles. The Hall–Kier alpha value is -0.301. The van der Waals surface area contributed by atoms with E-state index in [1.54, 1.807) is 0 Å². The van der Waals surface area contributed by atoms with Gasteiger partial charge in [0.1, 0.15) is 0 Å². The van der Waals surface area contributed by atoms with Gasteiger partial charge in [-0.25, -0.2) is 0 Å². The van der Waals surface area contributed by atoms with Crippen molar-refractivity contribution in [2.24, 2.45) is 0 Å². The van der Waals surface area contributed by atoms with Crippen LogP contribution in [-0.2, 0) is 4.31 Å². The maximum absolute atomic E-state index is 9.49. The quantitative estimate of drug-likeness (QED) is 0.821. The van der Waals surface area contributed by atoms with Crippen molar-refractivity contribution in [1.82, 2.24) is 0 Å². The first-order valence-electron chi connectivity index (χ1n) is 4.87. The summed E-state index contributed by atoms with van der Waals surface area (Å²) < 4.78 is 0.169. The first-order valence-corrected chi connectivity index (χ1v) is 7.44. The van der Waals surface area contributed by atoms with Gasteiger partial charge in [-0.1, -0.05) is 0 Å². The first kappa shape index (κ1) is 11.8. The van der Waals surface area contributed by atoms with E-state index >= 15 is 0 Å². The molecule has 0 saturated carbocycles. The van der Waals surface area contributed by atoms with Crippen LogP contribution < -0.4 is 0 Å². The standard InChI is InChI=1S/C12H18OSe/c1-10(13)9-12(2,14-3)11-7-5-4-6-8-11/h4-8,10,13H,9H2,1-3H3/t10-,12-/m0/s1. The average molecular weight is 257 g/mol. The third-order valence-electron chi connectivity index (χ3n) is 2.52. The molecule has 1 aromatic carbocycles. The number of aliphatic hydroxyl groups is 1. The normalized spacial score (nSPS) is 17.4. The third-order valence-corrected chi connectivity index (χ3v) is 5.25. The SMILES string of the molecule is C[Se][C@@](C)(C[C@H](C)O)c1ccccc1. The van der Waals surface area contributed by atoms with Gasteiger partial charge in [0.25, 0.3) is 0 Å². The van der Waals surface area contributed by atoms with E-state index in [2.05, 4.69) is 37.0 Å². The summed E-state index contributed by atoms with van der Waals surface area (Å²) in [5.41, 5.74) is 1.35. The summed E-state index contributed by atoms with van der Waals surface area (Å²) in [5, 5.41) is 9.49. The van der Waals surface area contributed by atoms with Gasteiger partial charge in [-0.05, 0) is 0 Å². The van der Waals surface area contributed by atoms with Crippen LogP contribution in [0.25, 0.3) is 0 Å². The molecule has 0 aliphatic rings. The zero-order valence-electron chi connectivity index (χ0n) is 9.03. The first-order chi connectivity index (χ1) is 6.58. The summed E-state index contributed by atoms with van der Waals surface area (Å²) >= 11 is 0.505. The van der Waals surface area contributed by atoms with E-state index in [9.17, 15) is 5.11 Å². The molecule has 1 rings (SSSR count). The summed E-state index contributed by atoms with van der Waals surface area (Å²) in [7, 11) is 0. The van der Waals surface area contributed by atoms with Crippen LogP contribution in [0.3, 0.4) is 0 Å². The fraction of sp³-hybridized carbons (Fsp3) is 0.500. The van der Waals surface area contributed by atoms with Crippen LogP contribution in [0.1, 0.15) is 25.8 Å². The topological polar surface area (TPSA) is 20.2 Å². The number of hydrogen-bond donors (Lipinski definition) is 1. The van der Waals surface area contributed by atoms with Gasteiger partial charge in [0.05, 0.1) is 0 Å². The Kier molecular flexibility index (Phi) is 4.18. The van der Waals surface area contributed by atoms with Crippen molar-refractivity contribution in [2.45, 2.75) is 36.5 Å². The summed E-state index contributed by atoms with van der Waals surface area (Å²) in [4.78, 5) is 0. The van der Waals surface area contributed by atoms with Crippen molar-refractivity contribution < 1.29 is 5.11 Å². The molecular formula is C12H18OSe. The molecule has 0 amide bonds. The number of hydrogen-bond acceptors (Lipinski definition) is 1. The van der Waals surface area contributed by atoms with Gasteiger partial charge in [-0.15, -0.1) is 0 Å². The molecule has 0 bridgehead atoms. The molecule has 0 fully saturated rings. The van der Waals surface area contributed by atoms with Crippen LogP contribution in [0.15, 0.2) is 30.3 Å². The van der Waals surface area contributed by atoms with Gasteiger partial charge >= 0.3 is 92.5 Å². The fourth-order valence-electron chi connectivity index (χ4n) is 1.67. The fourth-order valence-corrected chi connectivity index (χ4v) is 3.31. The molecule has 0 heterocycles. The molecule has 2 heteroatoms. The van der Waals surface area contributed by atoms with Gasteiger partial charge in [0.15, 0.2) is 0 Å². The molecule has 1 aromatic rings. The van der Waals surface area contributed by atoms with Crippen LogP contribution in [0.2, 0.25) is 5.82 Å². The predicted molar refractivity (Wildman–Crippen MR) is 61.7 cm³/mol. The van der Waals surface area contributed by atoms with E-state index < -0.39 is 0 Å². The van der Waals surface area contributed by atoms with E-state index in [1.807, 2.05) is 13.0 Å². The molecule has 0 aliphatic carbocycles. The van der Waals surface area contributed by atoms with Gasteiger partial charge in [-0.2, -0.15) is 0 Å². The maximum atomic E-state index is 9.49. The summed E-state index contributed by atoms with van der Waals surface area (Å²) in [6.45, 7) is 4.11. The van der Waals surface area contributed by atoms with Crippen LogP contribution in [0.5, 0.6) is 0 Å². The second-order valence-corrected chi connectivity index (χ2v) is 6.60.